The highest BCUT2D eigenvalue weighted by atomic mass is 16.2. The highest BCUT2D eigenvalue weighted by molar-refractivity contribution is 5.98. The molecule has 0 saturated carbocycles. The van der Waals surface area contributed by atoms with E-state index in [2.05, 4.69) is 23.8 Å². The Morgan fingerprint density at radius 3 is 2.67 bits per heavy atom. The van der Waals surface area contributed by atoms with E-state index >= 15 is 0 Å². The summed E-state index contributed by atoms with van der Waals surface area (Å²) >= 11 is 0. The number of fused-ring (bicyclic) bond motifs is 1. The number of benzene rings is 1. The fraction of sp³-hybridized carbons (Fsp3) is 0.250. The molecule has 3 aromatic rings. The molecule has 0 spiro atoms. The molecule has 1 aliphatic heterocycles. The molecule has 3 heterocycles. The fourth-order valence-electron chi connectivity index (χ4n) is 3.66. The molecule has 120 valence electrons. The zero-order valence-corrected chi connectivity index (χ0v) is 13.8. The van der Waals surface area contributed by atoms with Crippen molar-refractivity contribution in [2.24, 2.45) is 5.41 Å². The van der Waals surface area contributed by atoms with Gasteiger partial charge in [-0.25, -0.2) is 0 Å². The summed E-state index contributed by atoms with van der Waals surface area (Å²) in [6, 6.07) is 13.7. The van der Waals surface area contributed by atoms with Gasteiger partial charge in [-0.1, -0.05) is 26.0 Å². The van der Waals surface area contributed by atoms with E-state index in [1.807, 2.05) is 47.4 Å². The molecule has 24 heavy (non-hydrogen) atoms. The fourth-order valence-corrected chi connectivity index (χ4v) is 3.66. The second-order valence-electron chi connectivity index (χ2n) is 7.02. The number of carbonyl (C=O) groups is 1. The summed E-state index contributed by atoms with van der Waals surface area (Å²) in [7, 11) is 0. The maximum absolute atomic E-state index is 13.0. The average molecular weight is 317 g/mol. The molecule has 0 N–H and O–H groups in total. The van der Waals surface area contributed by atoms with Gasteiger partial charge in [-0.15, -0.1) is 0 Å². The lowest BCUT2D eigenvalue weighted by Gasteiger charge is -2.54. The zero-order chi connectivity index (χ0) is 16.7. The number of hydrogen-bond acceptors (Lipinski definition) is 3. The Labute approximate surface area is 141 Å². The van der Waals surface area contributed by atoms with E-state index in [4.69, 9.17) is 0 Å². The Kier molecular flexibility index (Phi) is 3.34. The number of rotatable bonds is 2. The van der Waals surface area contributed by atoms with Crippen LogP contribution in [0.2, 0.25) is 0 Å². The number of likely N-dealkylation sites (tertiary alicyclic amines) is 1. The number of aromatic nitrogens is 2. The lowest BCUT2D eigenvalue weighted by atomic mass is 9.71. The van der Waals surface area contributed by atoms with E-state index in [1.165, 1.54) is 0 Å². The van der Waals surface area contributed by atoms with Gasteiger partial charge >= 0.3 is 0 Å². The summed E-state index contributed by atoms with van der Waals surface area (Å²) in [5.41, 5.74) is 2.74. The Hall–Kier alpha value is -2.75. The molecule has 1 amide bonds. The topological polar surface area (TPSA) is 46.1 Å². The Morgan fingerprint density at radius 2 is 1.92 bits per heavy atom. The summed E-state index contributed by atoms with van der Waals surface area (Å²) in [4.78, 5) is 23.4. The number of hydrogen-bond donors (Lipinski definition) is 0. The van der Waals surface area contributed by atoms with Crippen LogP contribution in [0.15, 0.2) is 61.1 Å². The largest absolute Gasteiger partial charge is 0.330 e. The standard InChI is InChI=1S/C20H19N3O/c1-20(2)13-23(18(20)15-7-10-21-11-8-15)19(24)16-6-5-14-4-3-9-22-17(14)12-16/h3-12,18H,13H2,1-2H3. The number of nitrogens with zero attached hydrogens (tertiary/aromatic N) is 3. The van der Waals surface area contributed by atoms with Crippen LogP contribution in [0.25, 0.3) is 10.9 Å². The van der Waals surface area contributed by atoms with Gasteiger partial charge in [0, 0.05) is 41.5 Å². The van der Waals surface area contributed by atoms with Gasteiger partial charge in [0.25, 0.3) is 5.91 Å². The van der Waals surface area contributed by atoms with Gasteiger partial charge in [-0.3, -0.25) is 14.8 Å². The Bertz CT molecular complexity index is 905. The molecule has 4 heteroatoms. The van der Waals surface area contributed by atoms with Crippen LogP contribution in [0.1, 0.15) is 35.8 Å². The van der Waals surface area contributed by atoms with E-state index < -0.39 is 0 Å². The second-order valence-corrected chi connectivity index (χ2v) is 7.02. The van der Waals surface area contributed by atoms with Crippen LogP contribution < -0.4 is 0 Å². The average Bonchev–Trinajstić information content (AvgIpc) is 2.60. The maximum Gasteiger partial charge on any atom is 0.254 e. The van der Waals surface area contributed by atoms with E-state index in [0.717, 1.165) is 23.0 Å². The highest BCUT2D eigenvalue weighted by Gasteiger charge is 2.48. The maximum atomic E-state index is 13.0. The van der Waals surface area contributed by atoms with Crippen molar-refractivity contribution in [3.8, 4) is 0 Å². The van der Waals surface area contributed by atoms with Crippen molar-refractivity contribution in [2.45, 2.75) is 19.9 Å². The number of pyridine rings is 2. The quantitative estimate of drug-likeness (QED) is 0.721. The first-order chi connectivity index (χ1) is 11.6. The van der Waals surface area contributed by atoms with Crippen LogP contribution in [0, 0.1) is 5.41 Å². The predicted octanol–water partition coefficient (Wildman–Crippen LogP) is 3.85. The van der Waals surface area contributed by atoms with Gasteiger partial charge < -0.3 is 4.90 Å². The first kappa shape index (κ1) is 14.8. The van der Waals surface area contributed by atoms with Crippen LogP contribution in [0.5, 0.6) is 0 Å². The van der Waals surface area contributed by atoms with E-state index in [0.29, 0.717) is 5.56 Å². The van der Waals surface area contributed by atoms with Crippen LogP contribution in [-0.4, -0.2) is 27.3 Å². The first-order valence-electron chi connectivity index (χ1n) is 8.12. The molecule has 0 bridgehead atoms. The van der Waals surface area contributed by atoms with Crippen molar-refractivity contribution >= 4 is 16.8 Å². The van der Waals surface area contributed by atoms with Gasteiger partial charge in [-0.2, -0.15) is 0 Å². The lowest BCUT2D eigenvalue weighted by Crippen LogP contribution is -2.57. The summed E-state index contributed by atoms with van der Waals surface area (Å²) < 4.78 is 0. The molecular formula is C20H19N3O. The van der Waals surface area contributed by atoms with Crippen LogP contribution in [-0.2, 0) is 0 Å². The van der Waals surface area contributed by atoms with Crippen LogP contribution >= 0.6 is 0 Å². The van der Waals surface area contributed by atoms with Crippen LogP contribution in [0.3, 0.4) is 0 Å². The Morgan fingerprint density at radius 1 is 1.12 bits per heavy atom. The minimum atomic E-state index is 0.0590. The van der Waals surface area contributed by atoms with E-state index in [9.17, 15) is 4.79 Å². The molecule has 0 aliphatic carbocycles. The van der Waals surface area contributed by atoms with Crippen molar-refractivity contribution in [2.75, 3.05) is 6.54 Å². The summed E-state index contributed by atoms with van der Waals surface area (Å²) in [5, 5.41) is 1.05. The molecule has 1 fully saturated rings. The SMILES string of the molecule is CC1(C)CN(C(=O)c2ccc3cccnc3c2)C1c1ccncc1. The molecule has 2 aromatic heterocycles. The van der Waals surface area contributed by atoms with Crippen molar-refractivity contribution in [3.63, 3.8) is 0 Å². The molecule has 0 radical (unpaired) electrons. The normalized spacial score (nSPS) is 19.1. The van der Waals surface area contributed by atoms with E-state index in [-0.39, 0.29) is 17.4 Å². The van der Waals surface area contributed by atoms with Gasteiger partial charge in [0.15, 0.2) is 0 Å². The third-order valence-electron chi connectivity index (χ3n) is 4.77. The molecule has 1 aromatic carbocycles. The predicted molar refractivity (Wildman–Crippen MR) is 93.5 cm³/mol. The van der Waals surface area contributed by atoms with Crippen molar-refractivity contribution in [1.82, 2.24) is 14.9 Å². The molecule has 1 aliphatic rings. The first-order valence-corrected chi connectivity index (χ1v) is 8.12. The summed E-state index contributed by atoms with van der Waals surface area (Å²) in [5.74, 6) is 0.0590. The number of amides is 1. The molecule has 1 atom stereocenters. The van der Waals surface area contributed by atoms with Gasteiger partial charge in [0.2, 0.25) is 0 Å². The second kappa shape index (κ2) is 5.41. The minimum absolute atomic E-state index is 0.0590. The lowest BCUT2D eigenvalue weighted by molar-refractivity contribution is -0.0322. The van der Waals surface area contributed by atoms with Crippen molar-refractivity contribution < 1.29 is 4.79 Å². The molecule has 4 nitrogen and oxygen atoms in total. The third-order valence-corrected chi connectivity index (χ3v) is 4.77. The Balaban J connectivity index is 1.68. The van der Waals surface area contributed by atoms with Crippen LogP contribution in [0.4, 0.5) is 0 Å². The summed E-state index contributed by atoms with van der Waals surface area (Å²) in [6.07, 6.45) is 5.32. The molecule has 4 rings (SSSR count). The molecule has 1 unspecified atom stereocenters. The zero-order valence-electron chi connectivity index (χ0n) is 13.8. The highest BCUT2D eigenvalue weighted by Crippen LogP contribution is 2.48. The number of carbonyl (C=O) groups excluding carboxylic acids is 1. The summed E-state index contributed by atoms with van der Waals surface area (Å²) in [6.45, 7) is 5.15. The molecular weight excluding hydrogens is 298 g/mol. The van der Waals surface area contributed by atoms with Gasteiger partial charge in [0.05, 0.1) is 11.6 Å². The third kappa shape index (κ3) is 2.35. The van der Waals surface area contributed by atoms with Crippen molar-refractivity contribution in [3.05, 3.63) is 72.2 Å². The van der Waals surface area contributed by atoms with Crippen molar-refractivity contribution in [1.29, 1.82) is 0 Å². The smallest absolute Gasteiger partial charge is 0.254 e. The van der Waals surface area contributed by atoms with Gasteiger partial charge in [-0.05, 0) is 35.9 Å². The van der Waals surface area contributed by atoms with Gasteiger partial charge in [0.1, 0.15) is 0 Å². The molecule has 1 saturated heterocycles. The van der Waals surface area contributed by atoms with E-state index in [1.54, 1.807) is 18.6 Å². The minimum Gasteiger partial charge on any atom is -0.330 e. The monoisotopic (exact) mass is 317 g/mol.